The number of benzene rings is 6. The van der Waals surface area contributed by atoms with Crippen molar-refractivity contribution in [3.05, 3.63) is 149 Å². The summed E-state index contributed by atoms with van der Waals surface area (Å²) in [4.78, 5) is 2.42. The molecule has 1 nitrogen and oxygen atoms in total. The number of para-hydroxylation sites is 1. The number of hydrogen-bond donors (Lipinski definition) is 0. The number of hydrogen-bond acceptors (Lipinski definition) is 1. The summed E-state index contributed by atoms with van der Waals surface area (Å²) in [5, 5.41) is 2.62. The molecule has 0 spiro atoms. The number of rotatable bonds is 3. The smallest absolute Gasteiger partial charge is 0.0543 e. The zero-order valence-corrected chi connectivity index (χ0v) is 22.3. The summed E-state index contributed by atoms with van der Waals surface area (Å²) in [6.07, 6.45) is 1.99. The van der Waals surface area contributed by atoms with Crippen molar-refractivity contribution >= 4 is 27.8 Å². The first-order valence-electron chi connectivity index (χ1n) is 13.9. The van der Waals surface area contributed by atoms with Gasteiger partial charge in [-0.3, -0.25) is 0 Å². The van der Waals surface area contributed by atoms with E-state index < -0.39 is 0 Å². The van der Waals surface area contributed by atoms with Crippen LogP contribution in [0.1, 0.15) is 33.4 Å². The molecule has 8 rings (SSSR count). The van der Waals surface area contributed by atoms with Gasteiger partial charge in [-0.1, -0.05) is 83.9 Å². The highest BCUT2D eigenvalue weighted by atomic mass is 15.1. The van der Waals surface area contributed by atoms with Crippen LogP contribution in [0.5, 0.6) is 0 Å². The Kier molecular flexibility index (Phi) is 4.84. The molecule has 0 saturated carbocycles. The van der Waals surface area contributed by atoms with Gasteiger partial charge in [0.25, 0.3) is 0 Å². The maximum absolute atomic E-state index is 2.49. The molecule has 0 bridgehead atoms. The van der Waals surface area contributed by atoms with E-state index in [2.05, 4.69) is 134 Å². The van der Waals surface area contributed by atoms with E-state index in [4.69, 9.17) is 0 Å². The second kappa shape index (κ2) is 8.44. The van der Waals surface area contributed by atoms with E-state index in [-0.39, 0.29) is 0 Å². The lowest BCUT2D eigenvalue weighted by Crippen LogP contribution is -2.11. The molecule has 2 aliphatic rings. The molecule has 39 heavy (non-hydrogen) atoms. The Bertz CT molecular complexity index is 1910. The SMILES string of the molecule is Cc1ccc(N(c2ccccc2)c2cc3c(c4ccccc24)-c2cc4c(cc2C3)-c2ccc(C)cc2C4)cc1. The number of nitrogens with zero attached hydrogens (tertiary/aromatic N) is 1. The van der Waals surface area contributed by atoms with E-state index in [1.165, 1.54) is 83.5 Å². The molecule has 0 aromatic heterocycles. The first kappa shape index (κ1) is 22.4. The molecule has 0 atom stereocenters. The van der Waals surface area contributed by atoms with Gasteiger partial charge in [0.2, 0.25) is 0 Å². The van der Waals surface area contributed by atoms with Crippen LogP contribution in [-0.4, -0.2) is 0 Å². The number of fused-ring (bicyclic) bond motifs is 8. The molecule has 0 radical (unpaired) electrons. The van der Waals surface area contributed by atoms with Gasteiger partial charge in [0.05, 0.1) is 5.69 Å². The Morgan fingerprint density at radius 2 is 1.08 bits per heavy atom. The van der Waals surface area contributed by atoms with E-state index in [9.17, 15) is 0 Å². The predicted octanol–water partition coefficient (Wildman–Crippen LogP) is 10.1. The van der Waals surface area contributed by atoms with Crippen LogP contribution in [0.25, 0.3) is 33.0 Å². The van der Waals surface area contributed by atoms with Crippen LogP contribution in [0, 0.1) is 13.8 Å². The monoisotopic (exact) mass is 499 g/mol. The quantitative estimate of drug-likeness (QED) is 0.234. The highest BCUT2D eigenvalue weighted by Gasteiger charge is 2.28. The average Bonchev–Trinajstić information content (AvgIpc) is 3.50. The fourth-order valence-corrected chi connectivity index (χ4v) is 6.76. The lowest BCUT2D eigenvalue weighted by Gasteiger charge is -2.28. The summed E-state index contributed by atoms with van der Waals surface area (Å²) < 4.78 is 0. The van der Waals surface area contributed by atoms with Crippen LogP contribution < -0.4 is 4.90 Å². The van der Waals surface area contributed by atoms with Gasteiger partial charge in [-0.25, -0.2) is 0 Å². The van der Waals surface area contributed by atoms with E-state index in [1.54, 1.807) is 0 Å². The summed E-state index contributed by atoms with van der Waals surface area (Å²) in [7, 11) is 0. The van der Waals surface area contributed by atoms with Crippen molar-refractivity contribution in [1.29, 1.82) is 0 Å². The fourth-order valence-electron chi connectivity index (χ4n) is 6.76. The zero-order chi connectivity index (χ0) is 26.1. The predicted molar refractivity (Wildman–Crippen MR) is 165 cm³/mol. The minimum absolute atomic E-state index is 0.966. The van der Waals surface area contributed by atoms with Gasteiger partial charge in [0.15, 0.2) is 0 Å². The fraction of sp³-hybridized carbons (Fsp3) is 0.105. The molecule has 0 saturated heterocycles. The summed E-state index contributed by atoms with van der Waals surface area (Å²) in [5.41, 5.74) is 17.6. The first-order chi connectivity index (χ1) is 19.1. The van der Waals surface area contributed by atoms with Gasteiger partial charge in [-0.2, -0.15) is 0 Å². The highest BCUT2D eigenvalue weighted by Crippen LogP contribution is 2.50. The summed E-state index contributed by atoms with van der Waals surface area (Å²) >= 11 is 0. The van der Waals surface area contributed by atoms with Gasteiger partial charge in [-0.15, -0.1) is 0 Å². The maximum atomic E-state index is 2.49. The van der Waals surface area contributed by atoms with Crippen molar-refractivity contribution in [2.75, 3.05) is 4.90 Å². The largest absolute Gasteiger partial charge is 0.310 e. The first-order valence-corrected chi connectivity index (χ1v) is 13.9. The molecule has 1 heteroatoms. The minimum Gasteiger partial charge on any atom is -0.310 e. The Morgan fingerprint density at radius 1 is 0.462 bits per heavy atom. The zero-order valence-electron chi connectivity index (χ0n) is 22.3. The Morgan fingerprint density at radius 3 is 1.90 bits per heavy atom. The van der Waals surface area contributed by atoms with E-state index in [1.807, 2.05) is 0 Å². The standard InChI is InChI=1S/C38H29N/c1-24-12-15-31(16-13-24)39(30-8-4-3-5-9-30)37-23-29-20-28-21-35-27(19-26-18-25(2)14-17-32(26)35)22-36(28)38(29)34-11-7-6-10-33(34)37/h3-18,21-23H,19-20H2,1-2H3. The second-order valence-electron chi connectivity index (χ2n) is 11.2. The lowest BCUT2D eigenvalue weighted by molar-refractivity contribution is 1.23. The van der Waals surface area contributed by atoms with Gasteiger partial charge >= 0.3 is 0 Å². The van der Waals surface area contributed by atoms with Gasteiger partial charge in [0.1, 0.15) is 0 Å². The average molecular weight is 500 g/mol. The summed E-state index contributed by atoms with van der Waals surface area (Å²) in [5.74, 6) is 0. The summed E-state index contributed by atoms with van der Waals surface area (Å²) in [6.45, 7) is 4.34. The van der Waals surface area contributed by atoms with Crippen LogP contribution in [0.15, 0.2) is 115 Å². The Balaban J connectivity index is 1.34. The van der Waals surface area contributed by atoms with Gasteiger partial charge in [-0.05, 0) is 119 Å². The van der Waals surface area contributed by atoms with Crippen molar-refractivity contribution in [3.8, 4) is 22.3 Å². The van der Waals surface area contributed by atoms with Crippen LogP contribution >= 0.6 is 0 Å². The van der Waals surface area contributed by atoms with Crippen molar-refractivity contribution < 1.29 is 0 Å². The van der Waals surface area contributed by atoms with Crippen molar-refractivity contribution in [3.63, 3.8) is 0 Å². The number of anilines is 3. The minimum atomic E-state index is 0.966. The lowest BCUT2D eigenvalue weighted by atomic mass is 9.94. The molecular formula is C38H29N. The van der Waals surface area contributed by atoms with E-state index in [0.29, 0.717) is 0 Å². The molecule has 6 aromatic carbocycles. The molecule has 186 valence electrons. The molecule has 0 unspecified atom stereocenters. The summed E-state index contributed by atoms with van der Waals surface area (Å²) in [6, 6.07) is 43.0. The molecular weight excluding hydrogens is 470 g/mol. The van der Waals surface area contributed by atoms with Gasteiger partial charge in [0, 0.05) is 16.8 Å². The van der Waals surface area contributed by atoms with Crippen molar-refractivity contribution in [2.45, 2.75) is 26.7 Å². The van der Waals surface area contributed by atoms with Crippen LogP contribution in [-0.2, 0) is 12.8 Å². The molecule has 0 N–H and O–H groups in total. The van der Waals surface area contributed by atoms with Crippen molar-refractivity contribution in [1.82, 2.24) is 0 Å². The van der Waals surface area contributed by atoms with Crippen LogP contribution in [0.2, 0.25) is 0 Å². The molecule has 0 heterocycles. The van der Waals surface area contributed by atoms with Crippen LogP contribution in [0.3, 0.4) is 0 Å². The Labute approximate surface area is 230 Å². The second-order valence-corrected chi connectivity index (χ2v) is 11.2. The molecule has 0 aliphatic heterocycles. The molecule has 2 aliphatic carbocycles. The van der Waals surface area contributed by atoms with E-state index >= 15 is 0 Å². The molecule has 0 fully saturated rings. The third-order valence-electron chi connectivity index (χ3n) is 8.56. The molecule has 6 aromatic rings. The molecule has 0 amide bonds. The van der Waals surface area contributed by atoms with Crippen molar-refractivity contribution in [2.24, 2.45) is 0 Å². The normalized spacial score (nSPS) is 12.7. The van der Waals surface area contributed by atoms with E-state index in [0.717, 1.165) is 12.8 Å². The third-order valence-corrected chi connectivity index (χ3v) is 8.56. The number of aryl methyl sites for hydroxylation is 2. The topological polar surface area (TPSA) is 3.24 Å². The highest BCUT2D eigenvalue weighted by molar-refractivity contribution is 6.09. The van der Waals surface area contributed by atoms with Crippen LogP contribution in [0.4, 0.5) is 17.1 Å². The Hall–Kier alpha value is -4.62. The maximum Gasteiger partial charge on any atom is 0.0543 e. The van der Waals surface area contributed by atoms with Gasteiger partial charge < -0.3 is 4.90 Å². The third kappa shape index (κ3) is 3.47.